The van der Waals surface area contributed by atoms with Gasteiger partial charge < -0.3 is 10.6 Å². The fourth-order valence-electron chi connectivity index (χ4n) is 2.03. The van der Waals surface area contributed by atoms with Gasteiger partial charge in [-0.25, -0.2) is 4.98 Å². The van der Waals surface area contributed by atoms with E-state index in [9.17, 15) is 0 Å². The van der Waals surface area contributed by atoms with Crippen molar-refractivity contribution in [3.05, 3.63) is 23.9 Å². The first-order valence-corrected chi connectivity index (χ1v) is 5.18. The lowest BCUT2D eigenvalue weighted by molar-refractivity contribution is 0.671. The molecule has 1 unspecified atom stereocenters. The molecule has 2 rings (SSSR count). The smallest absolute Gasteiger partial charge is 0.130 e. The normalized spacial score (nSPS) is 20.3. The van der Waals surface area contributed by atoms with Crippen LogP contribution in [0.1, 0.15) is 18.4 Å². The van der Waals surface area contributed by atoms with Crippen molar-refractivity contribution in [2.45, 2.75) is 18.9 Å². The van der Waals surface area contributed by atoms with Crippen LogP contribution in [0.15, 0.2) is 18.3 Å². The van der Waals surface area contributed by atoms with Crippen LogP contribution < -0.4 is 10.6 Å². The van der Waals surface area contributed by atoms with Crippen LogP contribution in [0.2, 0.25) is 0 Å². The third-order valence-electron chi connectivity index (χ3n) is 2.82. The molecule has 1 fully saturated rings. The summed E-state index contributed by atoms with van der Waals surface area (Å²) in [5.74, 6) is 0.877. The summed E-state index contributed by atoms with van der Waals surface area (Å²) in [7, 11) is 0. The number of rotatable bonds is 2. The van der Waals surface area contributed by atoms with Crippen molar-refractivity contribution in [2.75, 3.05) is 18.0 Å². The minimum absolute atomic E-state index is 0.381. The Kier molecular flexibility index (Phi) is 2.84. The predicted molar refractivity (Wildman–Crippen MR) is 58.4 cm³/mol. The molecular weight excluding hydrogens is 188 g/mol. The van der Waals surface area contributed by atoms with Gasteiger partial charge in [0.15, 0.2) is 0 Å². The van der Waals surface area contributed by atoms with E-state index in [2.05, 4.69) is 16.0 Å². The molecular formula is C11H14N4. The van der Waals surface area contributed by atoms with Crippen LogP contribution in [0, 0.1) is 11.3 Å². The maximum atomic E-state index is 8.81. The van der Waals surface area contributed by atoms with Gasteiger partial charge in [0, 0.05) is 25.3 Å². The van der Waals surface area contributed by atoms with Gasteiger partial charge in [0.1, 0.15) is 5.82 Å². The van der Waals surface area contributed by atoms with Gasteiger partial charge in [-0.2, -0.15) is 5.26 Å². The van der Waals surface area contributed by atoms with Crippen molar-refractivity contribution < 1.29 is 0 Å². The van der Waals surface area contributed by atoms with Crippen LogP contribution in [0.5, 0.6) is 0 Å². The molecule has 1 aromatic rings. The first kappa shape index (κ1) is 9.94. The van der Waals surface area contributed by atoms with E-state index in [-0.39, 0.29) is 0 Å². The first-order chi connectivity index (χ1) is 7.35. The minimum Gasteiger partial charge on any atom is -0.352 e. The quantitative estimate of drug-likeness (QED) is 0.773. The molecule has 0 bridgehead atoms. The largest absolute Gasteiger partial charge is 0.352 e. The summed E-state index contributed by atoms with van der Waals surface area (Å²) >= 11 is 0. The standard InChI is InChI=1S/C11H14N4/c12-7-9-3-4-14-11(6-9)15-5-1-2-10(15)8-13/h3-4,6,10H,1-2,5,8,13H2. The van der Waals surface area contributed by atoms with Crippen molar-refractivity contribution >= 4 is 5.82 Å². The van der Waals surface area contributed by atoms with Crippen molar-refractivity contribution in [1.82, 2.24) is 4.98 Å². The van der Waals surface area contributed by atoms with Gasteiger partial charge in [-0.3, -0.25) is 0 Å². The van der Waals surface area contributed by atoms with Crippen molar-refractivity contribution in [3.63, 3.8) is 0 Å². The van der Waals surface area contributed by atoms with E-state index in [1.54, 1.807) is 12.3 Å². The molecule has 4 heteroatoms. The zero-order chi connectivity index (χ0) is 10.7. The van der Waals surface area contributed by atoms with Gasteiger partial charge in [-0.1, -0.05) is 0 Å². The molecule has 1 aliphatic heterocycles. The molecule has 1 aliphatic rings. The van der Waals surface area contributed by atoms with Gasteiger partial charge in [0.05, 0.1) is 11.6 Å². The molecule has 0 aromatic carbocycles. The first-order valence-electron chi connectivity index (χ1n) is 5.18. The molecule has 0 amide bonds. The Morgan fingerprint density at radius 2 is 2.53 bits per heavy atom. The Balaban J connectivity index is 2.25. The second kappa shape index (κ2) is 4.28. The maximum Gasteiger partial charge on any atom is 0.130 e. The number of anilines is 1. The van der Waals surface area contributed by atoms with E-state index in [0.717, 1.165) is 25.2 Å². The van der Waals surface area contributed by atoms with Crippen LogP contribution in [0.25, 0.3) is 0 Å². The van der Waals surface area contributed by atoms with Gasteiger partial charge in [0.2, 0.25) is 0 Å². The van der Waals surface area contributed by atoms with E-state index >= 15 is 0 Å². The van der Waals surface area contributed by atoms with Crippen molar-refractivity contribution in [1.29, 1.82) is 5.26 Å². The van der Waals surface area contributed by atoms with E-state index < -0.39 is 0 Å². The second-order valence-corrected chi connectivity index (χ2v) is 3.74. The zero-order valence-electron chi connectivity index (χ0n) is 8.56. The van der Waals surface area contributed by atoms with E-state index in [1.165, 1.54) is 0 Å². The third-order valence-corrected chi connectivity index (χ3v) is 2.82. The number of nitrogens with zero attached hydrogens (tertiary/aromatic N) is 3. The van der Waals surface area contributed by atoms with E-state index in [0.29, 0.717) is 18.2 Å². The summed E-state index contributed by atoms with van der Waals surface area (Å²) in [6.07, 6.45) is 3.95. The van der Waals surface area contributed by atoms with Gasteiger partial charge in [0.25, 0.3) is 0 Å². The summed E-state index contributed by atoms with van der Waals surface area (Å²) in [6.45, 7) is 1.64. The molecule has 0 radical (unpaired) electrons. The molecule has 2 heterocycles. The molecule has 78 valence electrons. The van der Waals surface area contributed by atoms with Crippen LogP contribution in [-0.2, 0) is 0 Å². The van der Waals surface area contributed by atoms with E-state index in [4.69, 9.17) is 11.0 Å². The number of hydrogen-bond donors (Lipinski definition) is 1. The molecule has 15 heavy (non-hydrogen) atoms. The lowest BCUT2D eigenvalue weighted by Crippen LogP contribution is -2.35. The molecule has 1 aromatic heterocycles. The molecule has 0 spiro atoms. The summed E-state index contributed by atoms with van der Waals surface area (Å²) < 4.78 is 0. The monoisotopic (exact) mass is 202 g/mol. The highest BCUT2D eigenvalue weighted by atomic mass is 15.2. The highest BCUT2D eigenvalue weighted by molar-refractivity contribution is 5.46. The van der Waals surface area contributed by atoms with E-state index in [1.807, 2.05) is 6.07 Å². The number of nitrogens with two attached hydrogens (primary N) is 1. The van der Waals surface area contributed by atoms with Gasteiger partial charge >= 0.3 is 0 Å². The Morgan fingerprint density at radius 1 is 1.67 bits per heavy atom. The Bertz CT molecular complexity index is 382. The molecule has 1 atom stereocenters. The SMILES string of the molecule is N#Cc1ccnc(N2CCCC2CN)c1. The minimum atomic E-state index is 0.381. The number of pyridine rings is 1. The Labute approximate surface area is 89.3 Å². The Hall–Kier alpha value is -1.60. The molecule has 0 saturated carbocycles. The zero-order valence-corrected chi connectivity index (χ0v) is 8.56. The summed E-state index contributed by atoms with van der Waals surface area (Å²) in [4.78, 5) is 6.48. The average molecular weight is 202 g/mol. The van der Waals surface area contributed by atoms with Crippen LogP contribution in [0.3, 0.4) is 0 Å². The lowest BCUT2D eigenvalue weighted by Gasteiger charge is -2.24. The predicted octanol–water partition coefficient (Wildman–Crippen LogP) is 0.881. The molecule has 2 N–H and O–H groups in total. The molecule has 1 saturated heterocycles. The van der Waals surface area contributed by atoms with Crippen molar-refractivity contribution in [3.8, 4) is 6.07 Å². The highest BCUT2D eigenvalue weighted by Crippen LogP contribution is 2.23. The lowest BCUT2D eigenvalue weighted by atomic mass is 10.2. The Morgan fingerprint density at radius 3 is 3.27 bits per heavy atom. The summed E-state index contributed by atoms with van der Waals surface area (Å²) in [5, 5.41) is 8.81. The van der Waals surface area contributed by atoms with Crippen LogP contribution in [-0.4, -0.2) is 24.1 Å². The number of aromatic nitrogens is 1. The molecule has 0 aliphatic carbocycles. The second-order valence-electron chi connectivity index (χ2n) is 3.74. The van der Waals surface area contributed by atoms with Crippen molar-refractivity contribution in [2.24, 2.45) is 5.73 Å². The third kappa shape index (κ3) is 1.92. The van der Waals surface area contributed by atoms with Gasteiger partial charge in [-0.05, 0) is 25.0 Å². The van der Waals surface area contributed by atoms with Crippen LogP contribution in [0.4, 0.5) is 5.82 Å². The molecule has 4 nitrogen and oxygen atoms in total. The number of hydrogen-bond acceptors (Lipinski definition) is 4. The summed E-state index contributed by atoms with van der Waals surface area (Å²) in [6, 6.07) is 6.05. The number of nitriles is 1. The maximum absolute atomic E-state index is 8.81. The highest BCUT2D eigenvalue weighted by Gasteiger charge is 2.24. The fourth-order valence-corrected chi connectivity index (χ4v) is 2.03. The van der Waals surface area contributed by atoms with Crippen LogP contribution >= 0.6 is 0 Å². The summed E-state index contributed by atoms with van der Waals surface area (Å²) in [5.41, 5.74) is 6.35. The average Bonchev–Trinajstić information content (AvgIpc) is 2.77. The fraction of sp³-hybridized carbons (Fsp3) is 0.455. The topological polar surface area (TPSA) is 65.9 Å². The van der Waals surface area contributed by atoms with Gasteiger partial charge in [-0.15, -0.1) is 0 Å².